The predicted octanol–water partition coefficient (Wildman–Crippen LogP) is 2.30. The summed E-state index contributed by atoms with van der Waals surface area (Å²) in [6.45, 7) is 2.25. The van der Waals surface area contributed by atoms with Crippen LogP contribution in [0.3, 0.4) is 0 Å². The summed E-state index contributed by atoms with van der Waals surface area (Å²) in [6, 6.07) is 6.24. The Bertz CT molecular complexity index is 732. The molecule has 0 unspecified atom stereocenters. The highest BCUT2D eigenvalue weighted by Gasteiger charge is 2.12. The number of halogens is 1. The highest BCUT2D eigenvalue weighted by molar-refractivity contribution is 7.12. The molecule has 7 heteroatoms. The fraction of sp³-hybridized carbons (Fsp3) is 0.154. The third-order valence-electron chi connectivity index (χ3n) is 3.00. The van der Waals surface area contributed by atoms with Crippen LogP contribution in [0.5, 0.6) is 0 Å². The van der Waals surface area contributed by atoms with E-state index in [0.29, 0.717) is 11.7 Å². The van der Waals surface area contributed by atoms with Crippen molar-refractivity contribution in [3.05, 3.63) is 46.9 Å². The van der Waals surface area contributed by atoms with Crippen LogP contribution in [0, 0.1) is 12.7 Å². The van der Waals surface area contributed by atoms with Gasteiger partial charge in [-0.3, -0.25) is 0 Å². The number of nitrogens with zero attached hydrogens (tertiary/aromatic N) is 4. The second-order valence-corrected chi connectivity index (χ2v) is 5.10. The standard InChI is InChI=1S/C13H12FN5S/c1-8-11(6-15)17-18-19(8)13-16-12(7-20-13)9-2-4-10(14)5-3-9/h2-5,7H,6,15H2,1H3. The first kappa shape index (κ1) is 12.9. The van der Waals surface area contributed by atoms with Gasteiger partial charge in [-0.15, -0.1) is 16.4 Å². The van der Waals surface area contributed by atoms with E-state index >= 15 is 0 Å². The Hall–Kier alpha value is -2.12. The minimum absolute atomic E-state index is 0.260. The minimum Gasteiger partial charge on any atom is -0.325 e. The summed E-state index contributed by atoms with van der Waals surface area (Å²) in [7, 11) is 0. The Balaban J connectivity index is 1.97. The van der Waals surface area contributed by atoms with Gasteiger partial charge in [0.25, 0.3) is 0 Å². The van der Waals surface area contributed by atoms with Gasteiger partial charge >= 0.3 is 0 Å². The zero-order valence-electron chi connectivity index (χ0n) is 10.7. The molecule has 0 aliphatic carbocycles. The Morgan fingerprint density at radius 1 is 1.30 bits per heavy atom. The number of hydrogen-bond donors (Lipinski definition) is 1. The molecule has 3 rings (SSSR count). The molecule has 2 N–H and O–H groups in total. The lowest BCUT2D eigenvalue weighted by Gasteiger charge is -1.98. The maximum absolute atomic E-state index is 12.9. The molecule has 0 aliphatic rings. The van der Waals surface area contributed by atoms with Crippen molar-refractivity contribution < 1.29 is 4.39 Å². The molecule has 3 aromatic rings. The van der Waals surface area contributed by atoms with Crippen LogP contribution in [0.4, 0.5) is 4.39 Å². The second-order valence-electron chi connectivity index (χ2n) is 4.26. The van der Waals surface area contributed by atoms with Gasteiger partial charge in [-0.1, -0.05) is 5.21 Å². The number of aromatic nitrogens is 4. The van der Waals surface area contributed by atoms with Crippen LogP contribution in [0.25, 0.3) is 16.4 Å². The molecule has 5 nitrogen and oxygen atoms in total. The Labute approximate surface area is 118 Å². The van der Waals surface area contributed by atoms with Gasteiger partial charge in [0.05, 0.1) is 17.1 Å². The summed E-state index contributed by atoms with van der Waals surface area (Å²) in [5, 5.41) is 10.7. The monoisotopic (exact) mass is 289 g/mol. The van der Waals surface area contributed by atoms with Crippen molar-refractivity contribution in [3.63, 3.8) is 0 Å². The van der Waals surface area contributed by atoms with Crippen molar-refractivity contribution in [2.45, 2.75) is 13.5 Å². The fourth-order valence-electron chi connectivity index (χ4n) is 1.85. The average Bonchev–Trinajstić information content (AvgIpc) is 3.06. The van der Waals surface area contributed by atoms with Crippen molar-refractivity contribution in [2.75, 3.05) is 0 Å². The molecule has 1 aromatic carbocycles. The van der Waals surface area contributed by atoms with E-state index in [0.717, 1.165) is 22.6 Å². The Morgan fingerprint density at radius 3 is 2.70 bits per heavy atom. The predicted molar refractivity (Wildman–Crippen MR) is 75.1 cm³/mol. The van der Waals surface area contributed by atoms with Crippen LogP contribution < -0.4 is 5.73 Å². The lowest BCUT2D eigenvalue weighted by molar-refractivity contribution is 0.628. The Morgan fingerprint density at radius 2 is 2.05 bits per heavy atom. The van der Waals surface area contributed by atoms with Gasteiger partial charge in [-0.25, -0.2) is 9.37 Å². The molecule has 0 saturated carbocycles. The smallest absolute Gasteiger partial charge is 0.212 e. The summed E-state index contributed by atoms with van der Waals surface area (Å²) >= 11 is 1.45. The van der Waals surface area contributed by atoms with E-state index in [2.05, 4.69) is 15.3 Å². The van der Waals surface area contributed by atoms with Crippen LogP contribution in [-0.4, -0.2) is 20.0 Å². The zero-order chi connectivity index (χ0) is 14.1. The molecule has 0 aliphatic heterocycles. The molecule has 20 heavy (non-hydrogen) atoms. The second kappa shape index (κ2) is 5.10. The van der Waals surface area contributed by atoms with Gasteiger partial charge < -0.3 is 5.73 Å². The average molecular weight is 289 g/mol. The first-order valence-corrected chi connectivity index (χ1v) is 6.90. The third kappa shape index (κ3) is 2.21. The van der Waals surface area contributed by atoms with Crippen LogP contribution in [0.2, 0.25) is 0 Å². The lowest BCUT2D eigenvalue weighted by Crippen LogP contribution is -2.01. The molecule has 0 fully saturated rings. The fourth-order valence-corrected chi connectivity index (χ4v) is 2.68. The summed E-state index contributed by atoms with van der Waals surface area (Å²) in [4.78, 5) is 4.50. The van der Waals surface area contributed by atoms with E-state index in [9.17, 15) is 4.39 Å². The van der Waals surface area contributed by atoms with E-state index in [1.807, 2.05) is 12.3 Å². The van der Waals surface area contributed by atoms with Crippen molar-refractivity contribution in [1.82, 2.24) is 20.0 Å². The summed E-state index contributed by atoms with van der Waals surface area (Å²) < 4.78 is 14.6. The molecular formula is C13H12FN5S. The third-order valence-corrected chi connectivity index (χ3v) is 3.81. The van der Waals surface area contributed by atoms with E-state index in [1.165, 1.54) is 23.5 Å². The van der Waals surface area contributed by atoms with Gasteiger partial charge in [0, 0.05) is 17.5 Å². The normalized spacial score (nSPS) is 10.9. The van der Waals surface area contributed by atoms with Gasteiger partial charge in [-0.05, 0) is 31.2 Å². The highest BCUT2D eigenvalue weighted by atomic mass is 32.1. The molecule has 2 heterocycles. The minimum atomic E-state index is -0.260. The molecule has 102 valence electrons. The van der Waals surface area contributed by atoms with Crippen LogP contribution in [0.15, 0.2) is 29.6 Å². The van der Waals surface area contributed by atoms with Crippen molar-refractivity contribution in [2.24, 2.45) is 5.73 Å². The maximum atomic E-state index is 12.9. The molecule has 0 amide bonds. The zero-order valence-corrected chi connectivity index (χ0v) is 11.6. The molecule has 0 bridgehead atoms. The van der Waals surface area contributed by atoms with Crippen molar-refractivity contribution >= 4 is 11.3 Å². The Kier molecular flexibility index (Phi) is 3.29. The van der Waals surface area contributed by atoms with Crippen molar-refractivity contribution in [1.29, 1.82) is 0 Å². The van der Waals surface area contributed by atoms with Crippen LogP contribution >= 0.6 is 11.3 Å². The molecule has 0 atom stereocenters. The topological polar surface area (TPSA) is 69.6 Å². The first-order chi connectivity index (χ1) is 9.69. The van der Waals surface area contributed by atoms with Gasteiger partial charge in [-0.2, -0.15) is 4.68 Å². The molecule has 0 saturated heterocycles. The number of hydrogen-bond acceptors (Lipinski definition) is 5. The van der Waals surface area contributed by atoms with E-state index in [-0.39, 0.29) is 5.82 Å². The number of benzene rings is 1. The SMILES string of the molecule is Cc1c(CN)nnn1-c1nc(-c2ccc(F)cc2)cs1. The maximum Gasteiger partial charge on any atom is 0.212 e. The number of rotatable bonds is 3. The van der Waals surface area contributed by atoms with Crippen molar-refractivity contribution in [3.8, 4) is 16.4 Å². The number of nitrogens with two attached hydrogens (primary N) is 1. The number of thiazole rings is 1. The molecule has 0 spiro atoms. The highest BCUT2D eigenvalue weighted by Crippen LogP contribution is 2.24. The van der Waals surface area contributed by atoms with Gasteiger partial charge in [0.15, 0.2) is 0 Å². The van der Waals surface area contributed by atoms with Crippen LogP contribution in [-0.2, 0) is 6.54 Å². The summed E-state index contributed by atoms with van der Waals surface area (Å²) in [5.74, 6) is -0.260. The van der Waals surface area contributed by atoms with E-state index in [1.54, 1.807) is 16.8 Å². The van der Waals surface area contributed by atoms with E-state index in [4.69, 9.17) is 5.73 Å². The lowest BCUT2D eigenvalue weighted by atomic mass is 10.2. The summed E-state index contributed by atoms with van der Waals surface area (Å²) in [5.41, 5.74) is 8.87. The van der Waals surface area contributed by atoms with Gasteiger partial charge in [0.2, 0.25) is 5.13 Å². The largest absolute Gasteiger partial charge is 0.325 e. The molecular weight excluding hydrogens is 277 g/mol. The van der Waals surface area contributed by atoms with E-state index < -0.39 is 0 Å². The quantitative estimate of drug-likeness (QED) is 0.803. The first-order valence-electron chi connectivity index (χ1n) is 6.02. The molecule has 0 radical (unpaired) electrons. The van der Waals surface area contributed by atoms with Gasteiger partial charge in [0.1, 0.15) is 5.82 Å². The summed E-state index contributed by atoms with van der Waals surface area (Å²) in [6.07, 6.45) is 0. The molecule has 2 aromatic heterocycles. The van der Waals surface area contributed by atoms with Crippen LogP contribution in [0.1, 0.15) is 11.4 Å².